The molecule has 4 rings (SSSR count). The molecular weight excluding hydrogens is 428 g/mol. The van der Waals surface area contributed by atoms with Gasteiger partial charge >= 0.3 is 0 Å². The van der Waals surface area contributed by atoms with E-state index in [1.807, 2.05) is 67.6 Å². The summed E-state index contributed by atoms with van der Waals surface area (Å²) in [6, 6.07) is 18.8. The molecule has 1 aliphatic heterocycles. The molecule has 0 saturated heterocycles. The summed E-state index contributed by atoms with van der Waals surface area (Å²) in [6.45, 7) is 11.1. The Bertz CT molecular complexity index is 1180. The second-order valence-electron chi connectivity index (χ2n) is 9.83. The Labute approximate surface area is 200 Å². The van der Waals surface area contributed by atoms with Crippen molar-refractivity contribution in [1.29, 1.82) is 0 Å². The van der Waals surface area contributed by atoms with E-state index in [2.05, 4.69) is 26.1 Å². The quantitative estimate of drug-likeness (QED) is 0.595. The molecule has 34 heavy (non-hydrogen) atoms. The van der Waals surface area contributed by atoms with E-state index in [1.165, 1.54) is 0 Å². The monoisotopic (exact) mass is 460 g/mol. The van der Waals surface area contributed by atoms with E-state index < -0.39 is 5.54 Å². The van der Waals surface area contributed by atoms with Gasteiger partial charge < -0.3 is 10.1 Å². The molecule has 2 aromatic carbocycles. The van der Waals surface area contributed by atoms with Crippen LogP contribution >= 0.6 is 0 Å². The number of hydrogen-bond donors (Lipinski definition) is 1. The van der Waals surface area contributed by atoms with Crippen molar-refractivity contribution in [3.63, 3.8) is 0 Å². The van der Waals surface area contributed by atoms with Gasteiger partial charge in [-0.2, -0.15) is 5.10 Å². The Kier molecular flexibility index (Phi) is 6.21. The normalized spacial score (nSPS) is 17.9. The van der Waals surface area contributed by atoms with Gasteiger partial charge in [-0.25, -0.2) is 0 Å². The Balaban J connectivity index is 1.73. The van der Waals surface area contributed by atoms with Crippen LogP contribution in [0.1, 0.15) is 56.4 Å². The average molecular weight is 461 g/mol. The van der Waals surface area contributed by atoms with Gasteiger partial charge in [-0.05, 0) is 49.7 Å². The van der Waals surface area contributed by atoms with E-state index in [0.717, 1.165) is 11.3 Å². The highest BCUT2D eigenvalue weighted by Crippen LogP contribution is 2.35. The maximum Gasteiger partial charge on any atom is 0.277 e. The number of amides is 2. The van der Waals surface area contributed by atoms with Crippen LogP contribution in [0.2, 0.25) is 0 Å². The zero-order valence-electron chi connectivity index (χ0n) is 20.5. The van der Waals surface area contributed by atoms with Gasteiger partial charge in [0, 0.05) is 17.6 Å². The van der Waals surface area contributed by atoms with Crippen LogP contribution in [0.3, 0.4) is 0 Å². The largest absolute Gasteiger partial charge is 0.494 e. The first-order valence-electron chi connectivity index (χ1n) is 11.6. The Hall–Kier alpha value is -3.61. The molecule has 0 fully saturated rings. The minimum absolute atomic E-state index is 0.222. The van der Waals surface area contributed by atoms with Crippen molar-refractivity contribution in [2.24, 2.45) is 0 Å². The molecule has 7 nitrogen and oxygen atoms in total. The molecule has 7 heteroatoms. The number of nitrogens with one attached hydrogen (secondary N) is 1. The number of nitrogens with zero attached hydrogens (tertiary/aromatic N) is 3. The number of ether oxygens (including phenoxy) is 1. The molecule has 3 aromatic rings. The predicted molar refractivity (Wildman–Crippen MR) is 132 cm³/mol. The molecule has 0 unspecified atom stereocenters. The summed E-state index contributed by atoms with van der Waals surface area (Å²) >= 11 is 0. The molecule has 2 heterocycles. The molecule has 0 spiro atoms. The van der Waals surface area contributed by atoms with Gasteiger partial charge in [0.1, 0.15) is 17.0 Å². The fourth-order valence-corrected chi connectivity index (χ4v) is 4.18. The highest BCUT2D eigenvalue weighted by Gasteiger charge is 2.49. The van der Waals surface area contributed by atoms with Crippen molar-refractivity contribution in [3.05, 3.63) is 77.6 Å². The fourth-order valence-electron chi connectivity index (χ4n) is 4.18. The fraction of sp³-hybridized carbons (Fsp3) is 0.370. The second kappa shape index (κ2) is 8.97. The first kappa shape index (κ1) is 23.5. The third kappa shape index (κ3) is 4.42. The average Bonchev–Trinajstić information content (AvgIpc) is 3.24. The summed E-state index contributed by atoms with van der Waals surface area (Å²) in [5.74, 6) is 0.221. The molecule has 178 valence electrons. The summed E-state index contributed by atoms with van der Waals surface area (Å²) < 4.78 is 7.24. The van der Waals surface area contributed by atoms with Crippen LogP contribution < -0.4 is 15.0 Å². The van der Waals surface area contributed by atoms with Crippen molar-refractivity contribution < 1.29 is 14.3 Å². The Morgan fingerprint density at radius 3 is 2.41 bits per heavy atom. The molecule has 1 aliphatic rings. The van der Waals surface area contributed by atoms with E-state index in [-0.39, 0.29) is 23.8 Å². The van der Waals surface area contributed by atoms with Gasteiger partial charge in [0.15, 0.2) is 0 Å². The molecule has 0 aliphatic carbocycles. The Morgan fingerprint density at radius 1 is 1.12 bits per heavy atom. The van der Waals surface area contributed by atoms with Crippen molar-refractivity contribution in [2.45, 2.75) is 58.7 Å². The third-order valence-corrected chi connectivity index (χ3v) is 6.11. The van der Waals surface area contributed by atoms with Crippen molar-refractivity contribution in [2.75, 3.05) is 11.5 Å². The SMILES string of the molecule is CCOc1ccc(N2C(=O)c3cc(C(C)(C)C)nn3C[C@@]2(C)C(=O)NCc2ccccc2)cc1. The number of anilines is 1. The van der Waals surface area contributed by atoms with Gasteiger partial charge in [-0.1, -0.05) is 51.1 Å². The van der Waals surface area contributed by atoms with E-state index in [4.69, 9.17) is 9.84 Å². The molecule has 1 atom stereocenters. The van der Waals surface area contributed by atoms with Gasteiger partial charge in [0.2, 0.25) is 5.91 Å². The van der Waals surface area contributed by atoms with Crippen LogP contribution in [-0.2, 0) is 23.3 Å². The predicted octanol–water partition coefficient (Wildman–Crippen LogP) is 4.31. The van der Waals surface area contributed by atoms with Crippen LogP contribution in [0.25, 0.3) is 0 Å². The third-order valence-electron chi connectivity index (χ3n) is 6.11. The zero-order chi connectivity index (χ0) is 24.5. The van der Waals surface area contributed by atoms with E-state index in [1.54, 1.807) is 16.5 Å². The first-order chi connectivity index (χ1) is 16.1. The standard InChI is InChI=1S/C27H32N4O3/c1-6-34-21-14-12-20(13-15-21)31-24(32)22-16-23(26(2,3)4)29-30(22)18-27(31,5)25(33)28-17-19-10-8-7-9-11-19/h7-16H,6,17-18H2,1-5H3,(H,28,33)/t27-/m0/s1. The summed E-state index contributed by atoms with van der Waals surface area (Å²) in [5, 5.41) is 7.73. The van der Waals surface area contributed by atoms with Crippen LogP contribution in [0.4, 0.5) is 5.69 Å². The van der Waals surface area contributed by atoms with Crippen molar-refractivity contribution in [1.82, 2.24) is 15.1 Å². The molecule has 0 radical (unpaired) electrons. The summed E-state index contributed by atoms with van der Waals surface area (Å²) in [7, 11) is 0. The van der Waals surface area contributed by atoms with Crippen LogP contribution in [0, 0.1) is 0 Å². The maximum atomic E-state index is 13.8. The van der Waals surface area contributed by atoms with Crippen LogP contribution in [-0.4, -0.2) is 33.7 Å². The van der Waals surface area contributed by atoms with Gasteiger partial charge in [0.25, 0.3) is 5.91 Å². The number of aromatic nitrogens is 2. The van der Waals surface area contributed by atoms with Gasteiger partial charge in [-0.3, -0.25) is 19.2 Å². The highest BCUT2D eigenvalue weighted by molar-refractivity contribution is 6.11. The van der Waals surface area contributed by atoms with Gasteiger partial charge in [0.05, 0.1) is 18.8 Å². The molecular formula is C27H32N4O3. The lowest BCUT2D eigenvalue weighted by Crippen LogP contribution is -2.64. The summed E-state index contributed by atoms with van der Waals surface area (Å²) in [4.78, 5) is 29.0. The number of carbonyl (C=O) groups excluding carboxylic acids is 2. The number of hydrogen-bond acceptors (Lipinski definition) is 4. The first-order valence-corrected chi connectivity index (χ1v) is 11.6. The lowest BCUT2D eigenvalue weighted by molar-refractivity contribution is -0.126. The summed E-state index contributed by atoms with van der Waals surface area (Å²) in [5.41, 5.74) is 1.52. The number of carbonyl (C=O) groups is 2. The lowest BCUT2D eigenvalue weighted by Gasteiger charge is -2.43. The van der Waals surface area contributed by atoms with Crippen LogP contribution in [0.5, 0.6) is 5.75 Å². The van der Waals surface area contributed by atoms with E-state index >= 15 is 0 Å². The number of benzene rings is 2. The minimum atomic E-state index is -1.17. The smallest absolute Gasteiger partial charge is 0.277 e. The van der Waals surface area contributed by atoms with Crippen molar-refractivity contribution >= 4 is 17.5 Å². The number of fused-ring (bicyclic) bond motifs is 1. The van der Waals surface area contributed by atoms with E-state index in [9.17, 15) is 9.59 Å². The minimum Gasteiger partial charge on any atom is -0.494 e. The lowest BCUT2D eigenvalue weighted by atomic mass is 9.91. The van der Waals surface area contributed by atoms with Gasteiger partial charge in [-0.15, -0.1) is 0 Å². The second-order valence-corrected chi connectivity index (χ2v) is 9.83. The van der Waals surface area contributed by atoms with Crippen LogP contribution in [0.15, 0.2) is 60.7 Å². The highest BCUT2D eigenvalue weighted by atomic mass is 16.5. The molecule has 1 N–H and O–H groups in total. The molecule has 2 amide bonds. The topological polar surface area (TPSA) is 76.5 Å². The number of rotatable bonds is 6. The zero-order valence-corrected chi connectivity index (χ0v) is 20.5. The molecule has 1 aromatic heterocycles. The maximum absolute atomic E-state index is 13.8. The molecule has 0 saturated carbocycles. The summed E-state index contributed by atoms with van der Waals surface area (Å²) in [6.07, 6.45) is 0. The Morgan fingerprint density at radius 2 is 1.79 bits per heavy atom. The molecule has 0 bridgehead atoms. The van der Waals surface area contributed by atoms with E-state index in [0.29, 0.717) is 30.3 Å². The van der Waals surface area contributed by atoms with Crippen molar-refractivity contribution in [3.8, 4) is 5.75 Å².